The van der Waals surface area contributed by atoms with Crippen LogP contribution >= 0.6 is 24.0 Å². The van der Waals surface area contributed by atoms with Crippen LogP contribution in [0.4, 0.5) is 0 Å². The maximum absolute atomic E-state index is 12.1. The summed E-state index contributed by atoms with van der Waals surface area (Å²) in [5.41, 5.74) is 0. The standard InChI is InChI=1S/C16H30N4O3S.HI/c1-16(2)12-20(10-11-24(16,22)23)15(17-3)18-9-8-14(21)19-13-6-4-5-7-13;/h13H,4-12H2,1-3H3,(H,17,18)(H,19,21);1H. The van der Waals surface area contributed by atoms with E-state index in [1.165, 1.54) is 12.8 Å². The maximum Gasteiger partial charge on any atom is 0.221 e. The first kappa shape index (κ1) is 22.5. The molecule has 2 N–H and O–H groups in total. The molecular formula is C16H31IN4O3S. The van der Waals surface area contributed by atoms with Gasteiger partial charge in [-0.2, -0.15) is 0 Å². The highest BCUT2D eigenvalue weighted by atomic mass is 127. The zero-order valence-electron chi connectivity index (χ0n) is 15.4. The Kier molecular flexibility index (Phi) is 8.43. The summed E-state index contributed by atoms with van der Waals surface area (Å²) in [6, 6.07) is 0.338. The zero-order valence-corrected chi connectivity index (χ0v) is 18.5. The SMILES string of the molecule is CN=C(NCCC(=O)NC1CCCC1)N1CCS(=O)(=O)C(C)(C)C1.I. The molecule has 7 nitrogen and oxygen atoms in total. The van der Waals surface area contributed by atoms with Gasteiger partial charge in [0.1, 0.15) is 0 Å². The Balaban J connectivity index is 0.00000312. The Morgan fingerprint density at radius 2 is 1.92 bits per heavy atom. The van der Waals surface area contributed by atoms with Crippen LogP contribution in [0.1, 0.15) is 46.0 Å². The molecule has 2 rings (SSSR count). The van der Waals surface area contributed by atoms with Crippen LogP contribution in [0.2, 0.25) is 0 Å². The molecule has 25 heavy (non-hydrogen) atoms. The molecule has 1 heterocycles. The summed E-state index contributed by atoms with van der Waals surface area (Å²) in [7, 11) is -1.39. The molecule has 9 heteroatoms. The molecule has 0 atom stereocenters. The molecule has 1 saturated carbocycles. The Morgan fingerprint density at radius 1 is 1.28 bits per heavy atom. The number of carbonyl (C=O) groups is 1. The first-order chi connectivity index (χ1) is 11.2. The summed E-state index contributed by atoms with van der Waals surface area (Å²) in [4.78, 5) is 18.1. The summed E-state index contributed by atoms with van der Waals surface area (Å²) in [6.07, 6.45) is 4.95. The Morgan fingerprint density at radius 3 is 2.48 bits per heavy atom. The lowest BCUT2D eigenvalue weighted by molar-refractivity contribution is -0.121. The fourth-order valence-corrected chi connectivity index (χ4v) is 4.68. The van der Waals surface area contributed by atoms with E-state index in [4.69, 9.17) is 0 Å². The molecule has 0 aromatic heterocycles. The number of sulfone groups is 1. The number of amides is 1. The Hall–Kier alpha value is -0.580. The van der Waals surface area contributed by atoms with E-state index in [2.05, 4.69) is 15.6 Å². The van der Waals surface area contributed by atoms with Gasteiger partial charge in [0, 0.05) is 39.1 Å². The molecule has 0 aromatic carbocycles. The molecule has 0 unspecified atom stereocenters. The molecule has 2 aliphatic rings. The minimum absolute atomic E-state index is 0. The largest absolute Gasteiger partial charge is 0.356 e. The van der Waals surface area contributed by atoms with Gasteiger partial charge in [0.2, 0.25) is 5.91 Å². The normalized spacial score (nSPS) is 23.0. The first-order valence-electron chi connectivity index (χ1n) is 8.72. The molecule has 0 spiro atoms. The smallest absolute Gasteiger partial charge is 0.221 e. The second kappa shape index (κ2) is 9.38. The van der Waals surface area contributed by atoms with E-state index >= 15 is 0 Å². The highest BCUT2D eigenvalue weighted by Crippen LogP contribution is 2.23. The molecule has 1 saturated heterocycles. The second-order valence-electron chi connectivity index (χ2n) is 7.27. The van der Waals surface area contributed by atoms with Crippen molar-refractivity contribution in [2.24, 2.45) is 4.99 Å². The lowest BCUT2D eigenvalue weighted by Gasteiger charge is -2.39. The van der Waals surface area contributed by atoms with Gasteiger partial charge in [0.05, 0.1) is 10.5 Å². The lowest BCUT2D eigenvalue weighted by atomic mass is 10.2. The van der Waals surface area contributed by atoms with Crippen LogP contribution in [0.25, 0.3) is 0 Å². The number of rotatable bonds is 4. The lowest BCUT2D eigenvalue weighted by Crippen LogP contribution is -2.57. The topological polar surface area (TPSA) is 90.9 Å². The van der Waals surface area contributed by atoms with E-state index in [1.807, 2.05) is 4.90 Å². The molecule has 1 aliphatic heterocycles. The molecule has 0 aromatic rings. The van der Waals surface area contributed by atoms with Gasteiger partial charge in [-0.1, -0.05) is 12.8 Å². The summed E-state index contributed by atoms with van der Waals surface area (Å²) in [6.45, 7) is 4.82. The van der Waals surface area contributed by atoms with Crippen molar-refractivity contribution in [3.05, 3.63) is 0 Å². The highest BCUT2D eigenvalue weighted by molar-refractivity contribution is 14.0. The quantitative estimate of drug-likeness (QED) is 0.354. The second-order valence-corrected chi connectivity index (χ2v) is 10.0. The van der Waals surface area contributed by atoms with Gasteiger partial charge in [-0.25, -0.2) is 8.42 Å². The number of nitrogens with zero attached hydrogens (tertiary/aromatic N) is 2. The van der Waals surface area contributed by atoms with E-state index < -0.39 is 14.6 Å². The van der Waals surface area contributed by atoms with Crippen LogP contribution in [-0.4, -0.2) is 68.4 Å². The molecular weight excluding hydrogens is 455 g/mol. The minimum atomic E-state index is -3.07. The van der Waals surface area contributed by atoms with Crippen LogP contribution in [-0.2, 0) is 14.6 Å². The van der Waals surface area contributed by atoms with Gasteiger partial charge in [-0.3, -0.25) is 9.79 Å². The number of halogens is 1. The monoisotopic (exact) mass is 486 g/mol. The van der Waals surface area contributed by atoms with Crippen LogP contribution in [0.5, 0.6) is 0 Å². The molecule has 0 radical (unpaired) electrons. The van der Waals surface area contributed by atoms with Gasteiger partial charge < -0.3 is 15.5 Å². The molecule has 2 fully saturated rings. The van der Waals surface area contributed by atoms with Crippen molar-refractivity contribution in [1.82, 2.24) is 15.5 Å². The Bertz CT molecular complexity index is 586. The van der Waals surface area contributed by atoms with Crippen molar-refractivity contribution in [1.29, 1.82) is 0 Å². The molecule has 1 aliphatic carbocycles. The first-order valence-corrected chi connectivity index (χ1v) is 10.4. The van der Waals surface area contributed by atoms with Crippen molar-refractivity contribution in [2.75, 3.05) is 32.4 Å². The predicted molar refractivity (Wildman–Crippen MR) is 111 cm³/mol. The zero-order chi connectivity index (χ0) is 17.8. The fraction of sp³-hybridized carbons (Fsp3) is 0.875. The van der Waals surface area contributed by atoms with Crippen LogP contribution < -0.4 is 10.6 Å². The predicted octanol–water partition coefficient (Wildman–Crippen LogP) is 1.14. The van der Waals surface area contributed by atoms with E-state index in [9.17, 15) is 13.2 Å². The number of carbonyl (C=O) groups excluding carboxylic acids is 1. The van der Waals surface area contributed by atoms with E-state index in [0.29, 0.717) is 38.1 Å². The average Bonchev–Trinajstić information content (AvgIpc) is 2.99. The molecule has 0 bridgehead atoms. The summed E-state index contributed by atoms with van der Waals surface area (Å²) in [5, 5.41) is 6.24. The maximum atomic E-state index is 12.1. The van der Waals surface area contributed by atoms with Crippen molar-refractivity contribution >= 4 is 45.7 Å². The van der Waals surface area contributed by atoms with Gasteiger partial charge in [-0.05, 0) is 26.7 Å². The third-order valence-electron chi connectivity index (χ3n) is 4.91. The van der Waals surface area contributed by atoms with Crippen LogP contribution in [0, 0.1) is 0 Å². The summed E-state index contributed by atoms with van der Waals surface area (Å²) < 4.78 is 23.4. The molecule has 1 amide bonds. The summed E-state index contributed by atoms with van der Waals surface area (Å²) in [5.74, 6) is 0.848. The molecule has 146 valence electrons. The number of hydrogen-bond donors (Lipinski definition) is 2. The number of hydrogen-bond acceptors (Lipinski definition) is 4. The van der Waals surface area contributed by atoms with Crippen molar-refractivity contribution in [3.63, 3.8) is 0 Å². The fourth-order valence-electron chi connectivity index (χ4n) is 3.31. The summed E-state index contributed by atoms with van der Waals surface area (Å²) >= 11 is 0. The van der Waals surface area contributed by atoms with E-state index in [0.717, 1.165) is 12.8 Å². The number of aliphatic imine (C=N–C) groups is 1. The van der Waals surface area contributed by atoms with Gasteiger partial charge in [0.15, 0.2) is 15.8 Å². The van der Waals surface area contributed by atoms with Crippen molar-refractivity contribution in [3.8, 4) is 0 Å². The number of guanidine groups is 1. The van der Waals surface area contributed by atoms with E-state index in [1.54, 1.807) is 20.9 Å². The van der Waals surface area contributed by atoms with E-state index in [-0.39, 0.29) is 35.6 Å². The van der Waals surface area contributed by atoms with Crippen molar-refractivity contribution < 1.29 is 13.2 Å². The Labute approximate surface area is 168 Å². The highest BCUT2D eigenvalue weighted by Gasteiger charge is 2.40. The van der Waals surface area contributed by atoms with Crippen LogP contribution in [0.3, 0.4) is 0 Å². The third kappa shape index (κ3) is 5.97. The van der Waals surface area contributed by atoms with Crippen molar-refractivity contribution in [2.45, 2.75) is 56.7 Å². The van der Waals surface area contributed by atoms with Gasteiger partial charge >= 0.3 is 0 Å². The third-order valence-corrected chi connectivity index (χ3v) is 7.44. The van der Waals surface area contributed by atoms with Gasteiger partial charge in [0.25, 0.3) is 0 Å². The number of nitrogens with one attached hydrogen (secondary N) is 2. The minimum Gasteiger partial charge on any atom is -0.356 e. The average molecular weight is 486 g/mol. The van der Waals surface area contributed by atoms with Crippen LogP contribution in [0.15, 0.2) is 4.99 Å². The van der Waals surface area contributed by atoms with Gasteiger partial charge in [-0.15, -0.1) is 24.0 Å².